The van der Waals surface area contributed by atoms with E-state index < -0.39 is 49.7 Å². The van der Waals surface area contributed by atoms with Gasteiger partial charge in [-0.15, -0.1) is 0 Å². The highest BCUT2D eigenvalue weighted by Gasteiger charge is 2.47. The van der Waals surface area contributed by atoms with E-state index in [4.69, 9.17) is 9.47 Å². The molecule has 0 spiro atoms. The van der Waals surface area contributed by atoms with Gasteiger partial charge in [-0.25, -0.2) is 8.42 Å². The highest BCUT2D eigenvalue weighted by Crippen LogP contribution is 2.42. The fraction of sp³-hybridized carbons (Fsp3) is 0.611. The number of methoxy groups -OCH3 is 1. The third-order valence-electron chi connectivity index (χ3n) is 5.47. The normalized spacial score (nSPS) is 25.9. The summed E-state index contributed by atoms with van der Waals surface area (Å²) in [5.41, 5.74) is -0.974. The first-order valence-electron chi connectivity index (χ1n) is 9.09. The van der Waals surface area contributed by atoms with E-state index in [1.54, 1.807) is 4.90 Å². The molecule has 3 atom stereocenters. The minimum Gasteiger partial charge on any atom is -0.481 e. The highest BCUT2D eigenvalue weighted by atomic mass is 32.2. The zero-order chi connectivity index (χ0) is 21.4. The Hall–Kier alpha value is -1.85. The van der Waals surface area contributed by atoms with Gasteiger partial charge in [0.1, 0.15) is 0 Å². The van der Waals surface area contributed by atoms with E-state index >= 15 is 0 Å². The van der Waals surface area contributed by atoms with Crippen LogP contribution in [0.1, 0.15) is 18.4 Å². The smallest absolute Gasteiger partial charge is 0.417 e. The molecule has 29 heavy (non-hydrogen) atoms. The first-order valence-corrected chi connectivity index (χ1v) is 10.6. The van der Waals surface area contributed by atoms with Crippen LogP contribution in [0.2, 0.25) is 0 Å². The van der Waals surface area contributed by atoms with E-state index in [1.807, 2.05) is 0 Å². The van der Waals surface area contributed by atoms with Crippen LogP contribution in [0.5, 0.6) is 0 Å². The van der Waals surface area contributed by atoms with Crippen LogP contribution in [-0.2, 0) is 30.3 Å². The summed E-state index contributed by atoms with van der Waals surface area (Å²) in [5, 5.41) is 8.00. The van der Waals surface area contributed by atoms with E-state index in [-0.39, 0.29) is 18.5 Å². The minimum absolute atomic E-state index is 0.168. The van der Waals surface area contributed by atoms with Gasteiger partial charge >= 0.3 is 12.1 Å². The van der Waals surface area contributed by atoms with Crippen LogP contribution in [0.25, 0.3) is 0 Å². The van der Waals surface area contributed by atoms with Crippen molar-refractivity contribution in [3.8, 4) is 0 Å². The summed E-state index contributed by atoms with van der Waals surface area (Å²) in [6.07, 6.45) is -6.21. The number of halogens is 3. The van der Waals surface area contributed by atoms with Crippen LogP contribution < -0.4 is 4.90 Å². The first-order chi connectivity index (χ1) is 13.6. The zero-order valence-corrected chi connectivity index (χ0v) is 16.5. The second-order valence-electron chi connectivity index (χ2n) is 7.13. The van der Waals surface area contributed by atoms with Crippen molar-refractivity contribution in [3.63, 3.8) is 0 Å². The maximum absolute atomic E-state index is 13.7. The lowest BCUT2D eigenvalue weighted by Gasteiger charge is -2.30. The number of alkyl halides is 3. The number of anilines is 1. The number of hydrogen-bond donors (Lipinski definition) is 1. The molecule has 0 aromatic heterocycles. The van der Waals surface area contributed by atoms with E-state index in [2.05, 4.69) is 0 Å². The predicted octanol–water partition coefficient (Wildman–Crippen LogP) is 2.19. The molecule has 0 unspecified atom stereocenters. The second kappa shape index (κ2) is 8.11. The van der Waals surface area contributed by atoms with Crippen LogP contribution in [0.4, 0.5) is 18.9 Å². The summed E-state index contributed by atoms with van der Waals surface area (Å²) in [4.78, 5) is 12.2. The maximum atomic E-state index is 13.7. The van der Waals surface area contributed by atoms with Crippen LogP contribution in [0.3, 0.4) is 0 Å². The molecule has 1 aliphatic heterocycles. The molecule has 1 saturated carbocycles. The van der Waals surface area contributed by atoms with Gasteiger partial charge in [0.2, 0.25) is 0 Å². The van der Waals surface area contributed by atoms with E-state index in [1.165, 1.54) is 13.2 Å². The average Bonchev–Trinajstić information content (AvgIpc) is 3.13. The number of morpholine rings is 1. The number of aliphatic carboxylic acids is 1. The van der Waals surface area contributed by atoms with Gasteiger partial charge in [0.05, 0.1) is 40.9 Å². The van der Waals surface area contributed by atoms with Gasteiger partial charge in [-0.3, -0.25) is 4.79 Å². The molecule has 11 heteroatoms. The Balaban J connectivity index is 1.99. The minimum atomic E-state index is -4.88. The van der Waals surface area contributed by atoms with Gasteiger partial charge in [0, 0.05) is 25.9 Å². The molecule has 0 bridgehead atoms. The van der Waals surface area contributed by atoms with Gasteiger partial charge in [0.15, 0.2) is 9.84 Å². The van der Waals surface area contributed by atoms with Crippen molar-refractivity contribution in [1.29, 1.82) is 0 Å². The highest BCUT2D eigenvalue weighted by molar-refractivity contribution is 7.92. The average molecular weight is 437 g/mol. The maximum Gasteiger partial charge on any atom is 0.417 e. The molecule has 7 nitrogen and oxygen atoms in total. The van der Waals surface area contributed by atoms with E-state index in [9.17, 15) is 31.5 Å². The monoisotopic (exact) mass is 437 g/mol. The van der Waals surface area contributed by atoms with Crippen LogP contribution in [0.15, 0.2) is 23.1 Å². The lowest BCUT2D eigenvalue weighted by Crippen LogP contribution is -2.36. The van der Waals surface area contributed by atoms with Gasteiger partial charge < -0.3 is 19.5 Å². The van der Waals surface area contributed by atoms with Crippen LogP contribution in [0, 0.1) is 5.92 Å². The number of carboxylic acid groups (broad SMARTS) is 1. The van der Waals surface area contributed by atoms with Gasteiger partial charge in [-0.1, -0.05) is 0 Å². The van der Waals surface area contributed by atoms with Crippen molar-refractivity contribution >= 4 is 21.5 Å². The molecule has 1 saturated heterocycles. The summed E-state index contributed by atoms with van der Waals surface area (Å²) in [5.74, 6) is -2.31. The fourth-order valence-electron chi connectivity index (χ4n) is 3.91. The summed E-state index contributed by atoms with van der Waals surface area (Å²) < 4.78 is 77.5. The fourth-order valence-corrected chi connectivity index (χ4v) is 5.92. The number of sulfone groups is 1. The van der Waals surface area contributed by atoms with Crippen molar-refractivity contribution in [3.05, 3.63) is 23.8 Å². The van der Waals surface area contributed by atoms with Crippen molar-refractivity contribution < 1.29 is 41.0 Å². The molecule has 2 aliphatic rings. The molecule has 3 rings (SSSR count). The van der Waals surface area contributed by atoms with Crippen molar-refractivity contribution in [2.24, 2.45) is 5.92 Å². The Morgan fingerprint density at radius 2 is 1.90 bits per heavy atom. The van der Waals surface area contributed by atoms with Crippen LogP contribution in [-0.4, -0.2) is 64.3 Å². The molecule has 1 aromatic carbocycles. The molecule has 1 aromatic rings. The molecule has 1 N–H and O–H groups in total. The molecule has 1 aliphatic carbocycles. The number of ether oxygens (including phenoxy) is 2. The standard InChI is InChI=1S/C18H22F3NO6S/c1-27-15-10-12(9-13(15)17(23)24)29(25,26)16-3-2-11(8-14(16)18(19,20)21)22-4-6-28-7-5-22/h2-3,8,12-13,15H,4-7,9-10H2,1H3,(H,23,24)/t12-,13-,15-/m1/s1. The van der Waals surface area contributed by atoms with Gasteiger partial charge in [-0.2, -0.15) is 13.2 Å². The third-order valence-corrected chi connectivity index (χ3v) is 7.70. The SMILES string of the molecule is CO[C@@H]1C[C@H](S(=O)(=O)c2ccc(N3CCOCC3)cc2C(F)(F)F)C[C@H]1C(=O)O. The largest absolute Gasteiger partial charge is 0.481 e. The lowest BCUT2D eigenvalue weighted by molar-refractivity contribution is -0.145. The van der Waals surface area contributed by atoms with Gasteiger partial charge in [0.25, 0.3) is 0 Å². The predicted molar refractivity (Wildman–Crippen MR) is 96.6 cm³/mol. The zero-order valence-electron chi connectivity index (χ0n) is 15.7. The number of carboxylic acids is 1. The Bertz CT molecular complexity index is 867. The van der Waals surface area contributed by atoms with Crippen molar-refractivity contribution in [1.82, 2.24) is 0 Å². The molecule has 0 radical (unpaired) electrons. The van der Waals surface area contributed by atoms with Crippen molar-refractivity contribution in [2.75, 3.05) is 38.3 Å². The molecule has 1 heterocycles. The number of rotatable bonds is 5. The molecular weight excluding hydrogens is 415 g/mol. The van der Waals surface area contributed by atoms with E-state index in [0.717, 1.165) is 12.1 Å². The Morgan fingerprint density at radius 3 is 2.41 bits per heavy atom. The lowest BCUT2D eigenvalue weighted by atomic mass is 10.1. The topological polar surface area (TPSA) is 93.1 Å². The first kappa shape index (κ1) is 21.8. The molecular formula is C18H22F3NO6S. The number of benzene rings is 1. The third kappa shape index (κ3) is 4.36. The van der Waals surface area contributed by atoms with Crippen molar-refractivity contribution in [2.45, 2.75) is 35.3 Å². The van der Waals surface area contributed by atoms with Gasteiger partial charge in [-0.05, 0) is 31.0 Å². The Morgan fingerprint density at radius 1 is 1.24 bits per heavy atom. The molecule has 0 amide bonds. The van der Waals surface area contributed by atoms with Crippen LogP contribution >= 0.6 is 0 Å². The Kier molecular flexibility index (Phi) is 6.11. The Labute approximate surface area is 166 Å². The summed E-state index contributed by atoms with van der Waals surface area (Å²) in [6, 6.07) is 3.17. The quantitative estimate of drug-likeness (QED) is 0.755. The number of carbonyl (C=O) groups is 1. The number of nitrogens with zero attached hydrogens (tertiary/aromatic N) is 1. The second-order valence-corrected chi connectivity index (χ2v) is 9.33. The molecule has 2 fully saturated rings. The number of hydrogen-bond acceptors (Lipinski definition) is 6. The summed E-state index contributed by atoms with van der Waals surface area (Å²) in [7, 11) is -3.16. The molecule has 162 valence electrons. The summed E-state index contributed by atoms with van der Waals surface area (Å²) >= 11 is 0. The van der Waals surface area contributed by atoms with E-state index in [0.29, 0.717) is 26.3 Å². The summed E-state index contributed by atoms with van der Waals surface area (Å²) in [6.45, 7) is 1.56.